The second-order valence-corrected chi connectivity index (χ2v) is 8.64. The molecule has 2 aromatic heterocycles. The standard InChI is InChI=1S/C27H25ClN4O3/c1-34-24-10-9-18(16-25(24)35-2)23-17-20(19-6-3-4-8-22(19)30-23)27(33)32-14-12-31(13-15-32)26-21(28)7-5-11-29-26/h3-11,16-17H,12-15H2,1-2H3. The van der Waals surface area contributed by atoms with E-state index < -0.39 is 0 Å². The Morgan fingerprint density at radius 3 is 2.43 bits per heavy atom. The molecule has 0 N–H and O–H groups in total. The van der Waals surface area contributed by atoms with Crippen molar-refractivity contribution in [3.05, 3.63) is 77.4 Å². The van der Waals surface area contributed by atoms with Gasteiger partial charge in [-0.25, -0.2) is 9.97 Å². The minimum Gasteiger partial charge on any atom is -0.493 e. The van der Waals surface area contributed by atoms with Gasteiger partial charge < -0.3 is 19.3 Å². The van der Waals surface area contributed by atoms with Gasteiger partial charge in [-0.2, -0.15) is 0 Å². The third-order valence-corrected chi connectivity index (χ3v) is 6.53. The Balaban J connectivity index is 1.46. The lowest BCUT2D eigenvalue weighted by atomic mass is 10.0. The van der Waals surface area contributed by atoms with Gasteiger partial charge in [0, 0.05) is 43.3 Å². The second kappa shape index (κ2) is 9.80. The van der Waals surface area contributed by atoms with Crippen LogP contribution >= 0.6 is 11.6 Å². The second-order valence-electron chi connectivity index (χ2n) is 8.23. The van der Waals surface area contributed by atoms with Crippen molar-refractivity contribution >= 4 is 34.2 Å². The van der Waals surface area contributed by atoms with E-state index in [0.717, 1.165) is 22.3 Å². The van der Waals surface area contributed by atoms with E-state index in [1.165, 1.54) is 0 Å². The number of pyridine rings is 2. The molecule has 8 heteroatoms. The third kappa shape index (κ3) is 4.47. The predicted molar refractivity (Wildman–Crippen MR) is 138 cm³/mol. The van der Waals surface area contributed by atoms with Crippen LogP contribution < -0.4 is 14.4 Å². The number of rotatable bonds is 5. The van der Waals surface area contributed by atoms with Crippen LogP contribution in [0.25, 0.3) is 22.2 Å². The Labute approximate surface area is 208 Å². The van der Waals surface area contributed by atoms with Crippen LogP contribution in [0, 0.1) is 0 Å². The van der Waals surface area contributed by atoms with E-state index in [0.29, 0.717) is 54.0 Å². The van der Waals surface area contributed by atoms with Gasteiger partial charge in [0.05, 0.1) is 36.0 Å². The van der Waals surface area contributed by atoms with Crippen LogP contribution in [0.15, 0.2) is 66.9 Å². The number of halogens is 1. The van der Waals surface area contributed by atoms with Gasteiger partial charge in [-0.15, -0.1) is 0 Å². The molecule has 1 amide bonds. The fourth-order valence-corrected chi connectivity index (χ4v) is 4.64. The first-order valence-corrected chi connectivity index (χ1v) is 11.7. The molecule has 1 aliphatic heterocycles. The molecule has 0 bridgehead atoms. The van der Waals surface area contributed by atoms with E-state index in [2.05, 4.69) is 9.88 Å². The van der Waals surface area contributed by atoms with Crippen LogP contribution in [0.4, 0.5) is 5.82 Å². The number of carbonyl (C=O) groups is 1. The number of carbonyl (C=O) groups excluding carboxylic acids is 1. The first-order valence-electron chi connectivity index (χ1n) is 11.4. The molecule has 0 spiro atoms. The summed E-state index contributed by atoms with van der Waals surface area (Å²) in [6.07, 6.45) is 1.73. The summed E-state index contributed by atoms with van der Waals surface area (Å²) in [5.41, 5.74) is 2.94. The van der Waals surface area contributed by atoms with Gasteiger partial charge >= 0.3 is 0 Å². The monoisotopic (exact) mass is 488 g/mol. The van der Waals surface area contributed by atoms with Crippen molar-refractivity contribution in [1.29, 1.82) is 0 Å². The molecular weight excluding hydrogens is 464 g/mol. The predicted octanol–water partition coefficient (Wildman–Crippen LogP) is 4.93. The maximum absolute atomic E-state index is 13.7. The van der Waals surface area contributed by atoms with Crippen molar-refractivity contribution in [3.63, 3.8) is 0 Å². The highest BCUT2D eigenvalue weighted by atomic mass is 35.5. The largest absolute Gasteiger partial charge is 0.493 e. The summed E-state index contributed by atoms with van der Waals surface area (Å²) in [5, 5.41) is 1.45. The van der Waals surface area contributed by atoms with Gasteiger partial charge in [-0.3, -0.25) is 4.79 Å². The Bertz CT molecular complexity index is 1390. The number of hydrogen-bond acceptors (Lipinski definition) is 6. The van der Waals surface area contributed by atoms with Crippen LogP contribution in [-0.4, -0.2) is 61.2 Å². The summed E-state index contributed by atoms with van der Waals surface area (Å²) in [4.78, 5) is 27.0. The van der Waals surface area contributed by atoms with Crippen LogP contribution in [0.5, 0.6) is 11.5 Å². The van der Waals surface area contributed by atoms with Crippen molar-refractivity contribution in [2.45, 2.75) is 0 Å². The molecule has 3 heterocycles. The lowest BCUT2D eigenvalue weighted by Gasteiger charge is -2.36. The van der Waals surface area contributed by atoms with E-state index in [4.69, 9.17) is 26.1 Å². The summed E-state index contributed by atoms with van der Waals surface area (Å²) in [6, 6.07) is 18.9. The van der Waals surface area contributed by atoms with Gasteiger partial charge in [0.25, 0.3) is 5.91 Å². The van der Waals surface area contributed by atoms with Crippen molar-refractivity contribution in [2.24, 2.45) is 0 Å². The first kappa shape index (κ1) is 22.9. The molecular formula is C27H25ClN4O3. The molecule has 178 valence electrons. The molecule has 5 rings (SSSR count). The fraction of sp³-hybridized carbons (Fsp3) is 0.222. The molecule has 35 heavy (non-hydrogen) atoms. The van der Waals surface area contributed by atoms with E-state index in [1.807, 2.05) is 65.6 Å². The van der Waals surface area contributed by atoms with E-state index in [1.54, 1.807) is 20.4 Å². The SMILES string of the molecule is COc1ccc(-c2cc(C(=O)N3CCN(c4ncccc4Cl)CC3)c3ccccc3n2)cc1OC. The van der Waals surface area contributed by atoms with Crippen molar-refractivity contribution in [3.8, 4) is 22.8 Å². The van der Waals surface area contributed by atoms with Crippen LogP contribution in [-0.2, 0) is 0 Å². The molecule has 1 aliphatic rings. The summed E-state index contributed by atoms with van der Waals surface area (Å²) < 4.78 is 10.8. The molecule has 0 atom stereocenters. The van der Waals surface area contributed by atoms with Gasteiger partial charge in [0.1, 0.15) is 5.82 Å². The van der Waals surface area contributed by atoms with Crippen LogP contribution in [0.3, 0.4) is 0 Å². The lowest BCUT2D eigenvalue weighted by Crippen LogP contribution is -2.49. The molecule has 4 aromatic rings. The highest BCUT2D eigenvalue weighted by Crippen LogP contribution is 2.33. The fourth-order valence-electron chi connectivity index (χ4n) is 4.40. The zero-order valence-corrected chi connectivity index (χ0v) is 20.3. The molecule has 2 aromatic carbocycles. The van der Waals surface area contributed by atoms with Gasteiger partial charge in [0.2, 0.25) is 0 Å². The average molecular weight is 489 g/mol. The van der Waals surface area contributed by atoms with Gasteiger partial charge in [-0.1, -0.05) is 29.8 Å². The summed E-state index contributed by atoms with van der Waals surface area (Å²) >= 11 is 6.33. The maximum Gasteiger partial charge on any atom is 0.254 e. The number of aromatic nitrogens is 2. The number of benzene rings is 2. The van der Waals surface area contributed by atoms with E-state index in [9.17, 15) is 4.79 Å². The van der Waals surface area contributed by atoms with Crippen molar-refractivity contribution < 1.29 is 14.3 Å². The van der Waals surface area contributed by atoms with Crippen molar-refractivity contribution in [1.82, 2.24) is 14.9 Å². The summed E-state index contributed by atoms with van der Waals surface area (Å²) in [5.74, 6) is 1.99. The number of fused-ring (bicyclic) bond motifs is 1. The Morgan fingerprint density at radius 1 is 0.914 bits per heavy atom. The number of anilines is 1. The zero-order chi connectivity index (χ0) is 24.4. The number of methoxy groups -OCH3 is 2. The Kier molecular flexibility index (Phi) is 6.42. The summed E-state index contributed by atoms with van der Waals surface area (Å²) in [6.45, 7) is 2.48. The quantitative estimate of drug-likeness (QED) is 0.397. The molecule has 0 aliphatic carbocycles. The highest BCUT2D eigenvalue weighted by Gasteiger charge is 2.26. The molecule has 0 radical (unpaired) electrons. The minimum atomic E-state index is -0.0166. The smallest absolute Gasteiger partial charge is 0.254 e. The number of amides is 1. The molecule has 7 nitrogen and oxygen atoms in total. The average Bonchev–Trinajstić information content (AvgIpc) is 2.92. The number of hydrogen-bond donors (Lipinski definition) is 0. The molecule has 0 unspecified atom stereocenters. The third-order valence-electron chi connectivity index (χ3n) is 6.23. The van der Waals surface area contributed by atoms with Gasteiger partial charge in [0.15, 0.2) is 11.5 Å². The zero-order valence-electron chi connectivity index (χ0n) is 19.6. The number of ether oxygens (including phenoxy) is 2. The number of piperazine rings is 1. The number of para-hydroxylation sites is 1. The van der Waals surface area contributed by atoms with Crippen LogP contribution in [0.2, 0.25) is 5.02 Å². The Morgan fingerprint density at radius 2 is 1.69 bits per heavy atom. The minimum absolute atomic E-state index is 0.0166. The molecule has 1 fully saturated rings. The highest BCUT2D eigenvalue weighted by molar-refractivity contribution is 6.32. The van der Waals surface area contributed by atoms with Crippen molar-refractivity contribution in [2.75, 3.05) is 45.3 Å². The Hall–Kier alpha value is -3.84. The molecule has 0 saturated carbocycles. The maximum atomic E-state index is 13.7. The topological polar surface area (TPSA) is 67.8 Å². The number of nitrogens with zero attached hydrogens (tertiary/aromatic N) is 4. The lowest BCUT2D eigenvalue weighted by molar-refractivity contribution is 0.0748. The van der Waals surface area contributed by atoms with Gasteiger partial charge in [-0.05, 0) is 42.5 Å². The van der Waals surface area contributed by atoms with Crippen LogP contribution in [0.1, 0.15) is 10.4 Å². The summed E-state index contributed by atoms with van der Waals surface area (Å²) in [7, 11) is 3.20. The molecule has 1 saturated heterocycles. The van der Waals surface area contributed by atoms with E-state index >= 15 is 0 Å². The first-order chi connectivity index (χ1) is 17.1. The van der Waals surface area contributed by atoms with E-state index in [-0.39, 0.29) is 5.91 Å². The normalized spacial score (nSPS) is 13.7.